The van der Waals surface area contributed by atoms with Crippen molar-refractivity contribution >= 4 is 12.8 Å². The van der Waals surface area contributed by atoms with Crippen LogP contribution >= 0.6 is 12.8 Å². The number of thiol groups is 1. The lowest BCUT2D eigenvalue weighted by atomic mass is 10.0. The highest BCUT2D eigenvalue weighted by molar-refractivity contribution is 7.77. The van der Waals surface area contributed by atoms with Gasteiger partial charge in [-0.1, -0.05) is 20.8 Å². The van der Waals surface area contributed by atoms with Gasteiger partial charge in [-0.3, -0.25) is 4.41 Å². The predicted molar refractivity (Wildman–Crippen MR) is 57.7 cm³/mol. The molecule has 0 aromatic carbocycles. The SMILES string of the molecule is CC/C(=C\N(S)N(C)C)C(C)C. The van der Waals surface area contributed by atoms with E-state index >= 15 is 0 Å². The summed E-state index contributed by atoms with van der Waals surface area (Å²) in [5.74, 6) is 0.601. The van der Waals surface area contributed by atoms with Crippen LogP contribution in [-0.4, -0.2) is 23.5 Å². The van der Waals surface area contributed by atoms with Crippen LogP contribution in [0.25, 0.3) is 0 Å². The summed E-state index contributed by atoms with van der Waals surface area (Å²) in [5.41, 5.74) is 1.42. The summed E-state index contributed by atoms with van der Waals surface area (Å²) in [6.45, 7) is 6.57. The molecule has 12 heavy (non-hydrogen) atoms. The van der Waals surface area contributed by atoms with Crippen LogP contribution in [0.3, 0.4) is 0 Å². The van der Waals surface area contributed by atoms with Gasteiger partial charge in [-0.2, -0.15) is 0 Å². The van der Waals surface area contributed by atoms with E-state index in [4.69, 9.17) is 0 Å². The van der Waals surface area contributed by atoms with Gasteiger partial charge in [0.1, 0.15) is 0 Å². The molecule has 0 aromatic heterocycles. The third-order valence-electron chi connectivity index (χ3n) is 1.84. The second kappa shape index (κ2) is 5.49. The van der Waals surface area contributed by atoms with E-state index in [1.54, 1.807) is 4.41 Å². The molecule has 0 rings (SSSR count). The van der Waals surface area contributed by atoms with Crippen LogP contribution in [0.2, 0.25) is 0 Å². The molecular weight excluding hydrogens is 168 g/mol. The topological polar surface area (TPSA) is 6.48 Å². The molecule has 0 bridgehead atoms. The maximum Gasteiger partial charge on any atom is 0.0279 e. The van der Waals surface area contributed by atoms with Crippen molar-refractivity contribution in [2.75, 3.05) is 14.1 Å². The van der Waals surface area contributed by atoms with Gasteiger partial charge in [0.05, 0.1) is 0 Å². The molecule has 0 N–H and O–H groups in total. The first-order valence-corrected chi connectivity index (χ1v) is 4.75. The zero-order valence-corrected chi connectivity index (χ0v) is 9.60. The van der Waals surface area contributed by atoms with Crippen molar-refractivity contribution in [3.8, 4) is 0 Å². The van der Waals surface area contributed by atoms with E-state index in [0.717, 1.165) is 6.42 Å². The van der Waals surface area contributed by atoms with Crippen molar-refractivity contribution in [3.05, 3.63) is 11.8 Å². The van der Waals surface area contributed by atoms with Crippen LogP contribution in [0.4, 0.5) is 0 Å². The number of hydrazine groups is 1. The van der Waals surface area contributed by atoms with E-state index in [1.165, 1.54) is 5.57 Å². The molecule has 3 heteroatoms. The van der Waals surface area contributed by atoms with Gasteiger partial charge in [-0.25, -0.2) is 5.01 Å². The molecule has 0 amide bonds. The fourth-order valence-electron chi connectivity index (χ4n) is 0.912. The molecule has 0 aliphatic carbocycles. The van der Waals surface area contributed by atoms with Crippen LogP contribution in [-0.2, 0) is 0 Å². The Balaban J connectivity index is 4.27. The molecule has 0 saturated carbocycles. The average Bonchev–Trinajstić information content (AvgIpc) is 1.98. The van der Waals surface area contributed by atoms with E-state index in [1.807, 2.05) is 19.1 Å². The van der Waals surface area contributed by atoms with E-state index < -0.39 is 0 Å². The van der Waals surface area contributed by atoms with Crippen LogP contribution in [0, 0.1) is 5.92 Å². The third kappa shape index (κ3) is 4.02. The smallest absolute Gasteiger partial charge is 0.0279 e. The van der Waals surface area contributed by atoms with Crippen molar-refractivity contribution in [2.24, 2.45) is 5.92 Å². The zero-order chi connectivity index (χ0) is 9.72. The number of allylic oxidation sites excluding steroid dienone is 1. The first-order chi connectivity index (χ1) is 5.49. The second-order valence-corrected chi connectivity index (χ2v) is 3.79. The molecule has 0 heterocycles. The Bertz CT molecular complexity index is 153. The third-order valence-corrected chi connectivity index (χ3v) is 2.31. The van der Waals surface area contributed by atoms with Gasteiger partial charge in [-0.05, 0) is 30.7 Å². The lowest BCUT2D eigenvalue weighted by molar-refractivity contribution is 0.204. The minimum absolute atomic E-state index is 0.601. The van der Waals surface area contributed by atoms with E-state index in [-0.39, 0.29) is 0 Å². The van der Waals surface area contributed by atoms with Crippen LogP contribution < -0.4 is 0 Å². The van der Waals surface area contributed by atoms with E-state index in [0.29, 0.717) is 5.92 Å². The molecule has 0 spiro atoms. The van der Waals surface area contributed by atoms with Gasteiger partial charge in [0.15, 0.2) is 0 Å². The Morgan fingerprint density at radius 3 is 2.17 bits per heavy atom. The maximum absolute atomic E-state index is 4.30. The van der Waals surface area contributed by atoms with Crippen molar-refractivity contribution < 1.29 is 0 Å². The van der Waals surface area contributed by atoms with E-state index in [9.17, 15) is 0 Å². The Labute approximate surface area is 81.7 Å². The van der Waals surface area contributed by atoms with E-state index in [2.05, 4.69) is 39.8 Å². The molecule has 0 unspecified atom stereocenters. The van der Waals surface area contributed by atoms with Gasteiger partial charge >= 0.3 is 0 Å². The Morgan fingerprint density at radius 1 is 1.42 bits per heavy atom. The van der Waals surface area contributed by atoms with Crippen molar-refractivity contribution in [3.63, 3.8) is 0 Å². The molecule has 0 aromatic rings. The van der Waals surface area contributed by atoms with Gasteiger partial charge < -0.3 is 0 Å². The van der Waals surface area contributed by atoms with Crippen LogP contribution in [0.15, 0.2) is 11.8 Å². The van der Waals surface area contributed by atoms with Gasteiger partial charge in [0.25, 0.3) is 0 Å². The summed E-state index contributed by atoms with van der Waals surface area (Å²) < 4.78 is 1.80. The number of hydrogen-bond donors (Lipinski definition) is 1. The largest absolute Gasteiger partial charge is 0.259 e. The Morgan fingerprint density at radius 2 is 1.92 bits per heavy atom. The fraction of sp³-hybridized carbons (Fsp3) is 0.778. The molecule has 72 valence electrons. The molecule has 0 fully saturated rings. The Kier molecular flexibility index (Phi) is 5.42. The molecule has 0 aliphatic rings. The summed E-state index contributed by atoms with van der Waals surface area (Å²) in [6, 6.07) is 0. The predicted octanol–water partition coefficient (Wildman–Crippen LogP) is 2.56. The highest BCUT2D eigenvalue weighted by Crippen LogP contribution is 2.15. The summed E-state index contributed by atoms with van der Waals surface area (Å²) >= 11 is 4.30. The standard InChI is InChI=1S/C9H20N2S/c1-6-9(8(2)3)7-11(12)10(4)5/h7-8,12H,6H2,1-5H3/b9-7+. The quantitative estimate of drug-likeness (QED) is 0.535. The fourth-order valence-corrected chi connectivity index (χ4v) is 1.06. The molecular formula is C9H20N2S. The lowest BCUT2D eigenvalue weighted by Crippen LogP contribution is -2.24. The first-order valence-electron chi connectivity index (χ1n) is 4.35. The highest BCUT2D eigenvalue weighted by atomic mass is 32.1. The monoisotopic (exact) mass is 188 g/mol. The van der Waals surface area contributed by atoms with Gasteiger partial charge in [0, 0.05) is 20.3 Å². The minimum Gasteiger partial charge on any atom is -0.259 e. The van der Waals surface area contributed by atoms with Crippen molar-refractivity contribution in [2.45, 2.75) is 27.2 Å². The average molecular weight is 188 g/mol. The summed E-state index contributed by atoms with van der Waals surface area (Å²) in [4.78, 5) is 0. The normalized spacial score (nSPS) is 12.8. The highest BCUT2D eigenvalue weighted by Gasteiger charge is 2.03. The van der Waals surface area contributed by atoms with Crippen molar-refractivity contribution in [1.29, 1.82) is 0 Å². The summed E-state index contributed by atoms with van der Waals surface area (Å²) in [7, 11) is 3.94. The molecule has 0 atom stereocenters. The van der Waals surface area contributed by atoms with Crippen LogP contribution in [0.5, 0.6) is 0 Å². The Hall–Kier alpha value is -0.150. The molecule has 2 nitrogen and oxygen atoms in total. The first kappa shape index (κ1) is 11.8. The minimum atomic E-state index is 0.601. The summed E-state index contributed by atoms with van der Waals surface area (Å²) in [6.07, 6.45) is 3.16. The lowest BCUT2D eigenvalue weighted by Gasteiger charge is -2.22. The number of hydrogen-bond acceptors (Lipinski definition) is 3. The molecule has 0 aliphatic heterocycles. The molecule has 0 radical (unpaired) electrons. The maximum atomic E-state index is 4.30. The molecule has 0 saturated heterocycles. The van der Waals surface area contributed by atoms with Crippen LogP contribution in [0.1, 0.15) is 27.2 Å². The van der Waals surface area contributed by atoms with Gasteiger partial charge in [0.2, 0.25) is 0 Å². The zero-order valence-electron chi connectivity index (χ0n) is 8.70. The second-order valence-electron chi connectivity index (χ2n) is 3.38. The number of nitrogens with zero attached hydrogens (tertiary/aromatic N) is 2. The summed E-state index contributed by atoms with van der Waals surface area (Å²) in [5, 5.41) is 1.93. The van der Waals surface area contributed by atoms with Crippen molar-refractivity contribution in [1.82, 2.24) is 9.42 Å². The number of rotatable bonds is 4. The van der Waals surface area contributed by atoms with Gasteiger partial charge in [-0.15, -0.1) is 0 Å².